The van der Waals surface area contributed by atoms with E-state index in [1.54, 1.807) is 6.07 Å². The van der Waals surface area contributed by atoms with Crippen molar-refractivity contribution in [2.75, 3.05) is 31.2 Å². The van der Waals surface area contributed by atoms with Crippen molar-refractivity contribution in [2.45, 2.75) is 26.4 Å². The molecule has 3 rings (SSSR count). The minimum Gasteiger partial charge on any atom is -0.507 e. The lowest BCUT2D eigenvalue weighted by Crippen LogP contribution is -2.44. The topological polar surface area (TPSA) is 78.7 Å². The molecule has 1 aromatic heterocycles. The molecule has 2 aromatic rings. The van der Waals surface area contributed by atoms with Crippen molar-refractivity contribution in [2.24, 2.45) is 0 Å². The highest BCUT2D eigenvalue weighted by Crippen LogP contribution is 2.32. The second kappa shape index (κ2) is 7.15. The number of aliphatic hydroxyl groups is 1. The largest absolute Gasteiger partial charge is 0.507 e. The van der Waals surface area contributed by atoms with Gasteiger partial charge in [-0.25, -0.2) is 0 Å². The van der Waals surface area contributed by atoms with E-state index < -0.39 is 0 Å². The van der Waals surface area contributed by atoms with Crippen LogP contribution in [0.5, 0.6) is 5.75 Å². The summed E-state index contributed by atoms with van der Waals surface area (Å²) in [5.74, 6) is 1.00. The molecule has 6 nitrogen and oxygen atoms in total. The number of phenols is 1. The van der Waals surface area contributed by atoms with Gasteiger partial charge < -0.3 is 19.8 Å². The Kier molecular flexibility index (Phi) is 4.97. The van der Waals surface area contributed by atoms with Crippen LogP contribution in [0.3, 0.4) is 0 Å². The molecule has 1 atom stereocenters. The summed E-state index contributed by atoms with van der Waals surface area (Å²) in [5.41, 5.74) is 3.45. The SMILES string of the molecule is CCc1cc(N2CCO[C@H](CO)C2)nnc1-c1ccc(C)cc1O. The van der Waals surface area contributed by atoms with Gasteiger partial charge in [0.25, 0.3) is 0 Å². The second-order valence-corrected chi connectivity index (χ2v) is 6.07. The third-order valence-electron chi connectivity index (χ3n) is 4.32. The fourth-order valence-corrected chi connectivity index (χ4v) is 2.95. The summed E-state index contributed by atoms with van der Waals surface area (Å²) in [6.45, 7) is 5.89. The zero-order valence-corrected chi connectivity index (χ0v) is 14.1. The lowest BCUT2D eigenvalue weighted by molar-refractivity contribution is 0.00332. The van der Waals surface area contributed by atoms with Crippen LogP contribution in [-0.4, -0.2) is 52.8 Å². The summed E-state index contributed by atoms with van der Waals surface area (Å²) in [5, 5.41) is 28.2. The standard InChI is InChI=1S/C18H23N3O3/c1-3-13-9-17(21-6-7-24-14(10-21)11-22)19-20-18(13)15-5-4-12(2)8-16(15)23/h4-5,8-9,14,22-23H,3,6-7,10-11H2,1-2H3/t14-/m0/s1. The molecule has 6 heteroatoms. The summed E-state index contributed by atoms with van der Waals surface area (Å²) in [7, 11) is 0. The molecule has 1 aliphatic rings. The highest BCUT2D eigenvalue weighted by atomic mass is 16.5. The van der Waals surface area contributed by atoms with Crippen molar-refractivity contribution in [3.8, 4) is 17.0 Å². The molecular formula is C18H23N3O3. The van der Waals surface area contributed by atoms with Gasteiger partial charge in [0.15, 0.2) is 5.82 Å². The number of hydrogen-bond acceptors (Lipinski definition) is 6. The molecule has 0 spiro atoms. The molecule has 1 aliphatic heterocycles. The quantitative estimate of drug-likeness (QED) is 0.892. The molecule has 1 saturated heterocycles. The van der Waals surface area contributed by atoms with Crippen LogP contribution in [0.25, 0.3) is 11.3 Å². The van der Waals surface area contributed by atoms with Gasteiger partial charge in [-0.05, 0) is 42.7 Å². The van der Waals surface area contributed by atoms with Crippen molar-refractivity contribution in [3.63, 3.8) is 0 Å². The predicted molar refractivity (Wildman–Crippen MR) is 92.3 cm³/mol. The number of aliphatic hydroxyl groups excluding tert-OH is 1. The number of nitrogens with zero attached hydrogens (tertiary/aromatic N) is 3. The average molecular weight is 329 g/mol. The maximum Gasteiger partial charge on any atom is 0.151 e. The number of hydrogen-bond donors (Lipinski definition) is 2. The first-order chi connectivity index (χ1) is 11.6. The summed E-state index contributed by atoms with van der Waals surface area (Å²) in [6.07, 6.45) is 0.602. The number of rotatable bonds is 4. The van der Waals surface area contributed by atoms with Crippen molar-refractivity contribution in [3.05, 3.63) is 35.4 Å². The zero-order valence-electron chi connectivity index (χ0n) is 14.1. The van der Waals surface area contributed by atoms with E-state index in [0.717, 1.165) is 29.9 Å². The van der Waals surface area contributed by atoms with Crippen LogP contribution < -0.4 is 4.90 Å². The molecule has 0 unspecified atom stereocenters. The molecule has 1 fully saturated rings. The van der Waals surface area contributed by atoms with Gasteiger partial charge in [0.1, 0.15) is 5.75 Å². The predicted octanol–water partition coefficient (Wildman–Crippen LogP) is 1.92. The number of morpholine rings is 1. The Morgan fingerprint density at radius 3 is 2.83 bits per heavy atom. The fourth-order valence-electron chi connectivity index (χ4n) is 2.95. The smallest absolute Gasteiger partial charge is 0.151 e. The molecule has 0 bridgehead atoms. The van der Waals surface area contributed by atoms with E-state index in [4.69, 9.17) is 4.74 Å². The van der Waals surface area contributed by atoms with E-state index in [2.05, 4.69) is 22.0 Å². The molecular weight excluding hydrogens is 306 g/mol. The van der Waals surface area contributed by atoms with Crippen LogP contribution >= 0.6 is 0 Å². The van der Waals surface area contributed by atoms with Crippen LogP contribution in [0, 0.1) is 6.92 Å². The Balaban J connectivity index is 1.93. The third-order valence-corrected chi connectivity index (χ3v) is 4.32. The third kappa shape index (κ3) is 3.34. The second-order valence-electron chi connectivity index (χ2n) is 6.07. The van der Waals surface area contributed by atoms with Gasteiger partial charge in [0.05, 0.1) is 25.0 Å². The summed E-state index contributed by atoms with van der Waals surface area (Å²) >= 11 is 0. The van der Waals surface area contributed by atoms with Gasteiger partial charge in [0, 0.05) is 18.7 Å². The van der Waals surface area contributed by atoms with Gasteiger partial charge in [-0.3, -0.25) is 0 Å². The van der Waals surface area contributed by atoms with Gasteiger partial charge in [-0.15, -0.1) is 10.2 Å². The van der Waals surface area contributed by atoms with Crippen molar-refractivity contribution in [1.82, 2.24) is 10.2 Å². The minimum atomic E-state index is -0.188. The van der Waals surface area contributed by atoms with Crippen LogP contribution in [0.1, 0.15) is 18.1 Å². The van der Waals surface area contributed by atoms with Crippen molar-refractivity contribution >= 4 is 5.82 Å². The normalized spacial score (nSPS) is 18.0. The lowest BCUT2D eigenvalue weighted by atomic mass is 10.0. The summed E-state index contributed by atoms with van der Waals surface area (Å²) < 4.78 is 5.48. The first kappa shape index (κ1) is 16.7. The molecule has 2 heterocycles. The molecule has 2 N–H and O–H groups in total. The Morgan fingerprint density at radius 1 is 1.29 bits per heavy atom. The number of aromatic nitrogens is 2. The molecule has 0 amide bonds. The number of ether oxygens (including phenoxy) is 1. The Bertz CT molecular complexity index is 721. The van der Waals surface area contributed by atoms with Crippen LogP contribution in [0.15, 0.2) is 24.3 Å². The fraction of sp³-hybridized carbons (Fsp3) is 0.444. The molecule has 1 aromatic carbocycles. The number of benzene rings is 1. The Morgan fingerprint density at radius 2 is 2.12 bits per heavy atom. The van der Waals surface area contributed by atoms with E-state index in [1.807, 2.05) is 25.1 Å². The summed E-state index contributed by atoms with van der Waals surface area (Å²) in [4.78, 5) is 2.08. The van der Waals surface area contributed by atoms with E-state index in [1.165, 1.54) is 0 Å². The van der Waals surface area contributed by atoms with Crippen molar-refractivity contribution < 1.29 is 14.9 Å². The van der Waals surface area contributed by atoms with E-state index in [9.17, 15) is 10.2 Å². The minimum absolute atomic E-state index is 0.000113. The highest BCUT2D eigenvalue weighted by molar-refractivity contribution is 5.70. The summed E-state index contributed by atoms with van der Waals surface area (Å²) in [6, 6.07) is 7.58. The maximum atomic E-state index is 10.2. The molecule has 0 saturated carbocycles. The first-order valence-corrected chi connectivity index (χ1v) is 8.26. The van der Waals surface area contributed by atoms with E-state index in [0.29, 0.717) is 24.4 Å². The maximum absolute atomic E-state index is 10.2. The van der Waals surface area contributed by atoms with Gasteiger partial charge in [0.2, 0.25) is 0 Å². The lowest BCUT2D eigenvalue weighted by Gasteiger charge is -2.32. The number of aryl methyl sites for hydroxylation is 2. The van der Waals surface area contributed by atoms with Crippen LogP contribution in [0.2, 0.25) is 0 Å². The van der Waals surface area contributed by atoms with E-state index >= 15 is 0 Å². The number of anilines is 1. The highest BCUT2D eigenvalue weighted by Gasteiger charge is 2.22. The number of phenolic OH excluding ortho intramolecular Hbond substituents is 1. The first-order valence-electron chi connectivity index (χ1n) is 8.26. The van der Waals surface area contributed by atoms with Gasteiger partial charge in [-0.1, -0.05) is 13.0 Å². The molecule has 0 aliphatic carbocycles. The average Bonchev–Trinajstić information content (AvgIpc) is 2.61. The zero-order chi connectivity index (χ0) is 17.1. The molecule has 128 valence electrons. The Hall–Kier alpha value is -2.18. The number of aromatic hydroxyl groups is 1. The van der Waals surface area contributed by atoms with E-state index in [-0.39, 0.29) is 18.5 Å². The molecule has 0 radical (unpaired) electrons. The van der Waals surface area contributed by atoms with Crippen molar-refractivity contribution in [1.29, 1.82) is 0 Å². The Labute approximate surface area is 141 Å². The van der Waals surface area contributed by atoms with Gasteiger partial charge in [-0.2, -0.15) is 0 Å². The van der Waals surface area contributed by atoms with Gasteiger partial charge >= 0.3 is 0 Å². The molecule has 24 heavy (non-hydrogen) atoms. The van der Waals surface area contributed by atoms with Crippen LogP contribution in [0.4, 0.5) is 5.82 Å². The van der Waals surface area contributed by atoms with Crippen LogP contribution in [-0.2, 0) is 11.2 Å². The monoisotopic (exact) mass is 329 g/mol.